The van der Waals surface area contributed by atoms with E-state index in [1.54, 1.807) is 24.3 Å². The maximum absolute atomic E-state index is 13.0. The first kappa shape index (κ1) is 16.7. The molecule has 1 heterocycles. The molecule has 0 spiro atoms. The number of non-ortho nitro benzene ring substituents is 1. The van der Waals surface area contributed by atoms with E-state index in [-0.39, 0.29) is 11.5 Å². The van der Waals surface area contributed by atoms with Crippen molar-refractivity contribution >= 4 is 24.1 Å². The van der Waals surface area contributed by atoms with Gasteiger partial charge in [0.05, 0.1) is 11.1 Å². The Morgan fingerprint density at radius 1 is 1.32 bits per heavy atom. The highest BCUT2D eigenvalue weighted by Crippen LogP contribution is 2.12. The Hall–Kier alpha value is -3.20. The number of H-pyrrole nitrogens is 1. The molecule has 7 nitrogen and oxygen atoms in total. The average Bonchev–Trinajstić information content (AvgIpc) is 2.95. The van der Waals surface area contributed by atoms with Crippen LogP contribution in [-0.4, -0.2) is 26.0 Å². The quantitative estimate of drug-likeness (QED) is 0.328. The van der Waals surface area contributed by atoms with Gasteiger partial charge in [0.15, 0.2) is 5.82 Å². The summed E-state index contributed by atoms with van der Waals surface area (Å²) in [6, 6.07) is 12.1. The fraction of sp³-hybridized carbons (Fsp3) is 0.0625. The van der Waals surface area contributed by atoms with Crippen LogP contribution in [0.25, 0.3) is 0 Å². The Labute approximate surface area is 146 Å². The zero-order chi connectivity index (χ0) is 17.8. The van der Waals surface area contributed by atoms with Gasteiger partial charge in [-0.1, -0.05) is 24.3 Å². The fourth-order valence-corrected chi connectivity index (χ4v) is 2.38. The predicted octanol–water partition coefficient (Wildman–Crippen LogP) is 3.46. The molecule has 126 valence electrons. The Balaban J connectivity index is 1.86. The second kappa shape index (κ2) is 7.14. The third-order valence-corrected chi connectivity index (χ3v) is 3.66. The minimum atomic E-state index is -0.471. The van der Waals surface area contributed by atoms with Crippen molar-refractivity contribution in [2.24, 2.45) is 5.10 Å². The van der Waals surface area contributed by atoms with Crippen molar-refractivity contribution in [3.05, 3.63) is 86.2 Å². The molecule has 0 amide bonds. The fourth-order valence-electron chi connectivity index (χ4n) is 2.19. The van der Waals surface area contributed by atoms with Crippen molar-refractivity contribution in [1.29, 1.82) is 0 Å². The molecule has 1 N–H and O–H groups in total. The van der Waals surface area contributed by atoms with Crippen LogP contribution in [0.4, 0.5) is 10.1 Å². The predicted molar refractivity (Wildman–Crippen MR) is 92.7 cm³/mol. The zero-order valence-electron chi connectivity index (χ0n) is 12.8. The Morgan fingerprint density at radius 3 is 2.80 bits per heavy atom. The maximum Gasteiger partial charge on any atom is 0.270 e. The Kier molecular flexibility index (Phi) is 4.75. The second-order valence-corrected chi connectivity index (χ2v) is 5.54. The summed E-state index contributed by atoms with van der Waals surface area (Å²) in [6.45, 7) is 0. The van der Waals surface area contributed by atoms with Gasteiger partial charge in [0.25, 0.3) is 5.69 Å². The van der Waals surface area contributed by atoms with Crippen molar-refractivity contribution < 1.29 is 9.31 Å². The highest BCUT2D eigenvalue weighted by molar-refractivity contribution is 7.71. The molecule has 0 aliphatic heterocycles. The molecule has 0 saturated heterocycles. The van der Waals surface area contributed by atoms with Crippen LogP contribution in [0.3, 0.4) is 0 Å². The van der Waals surface area contributed by atoms with Crippen LogP contribution in [0.2, 0.25) is 0 Å². The Bertz CT molecular complexity index is 994. The first-order chi connectivity index (χ1) is 12.0. The van der Waals surface area contributed by atoms with Crippen molar-refractivity contribution in [2.45, 2.75) is 6.42 Å². The first-order valence-electron chi connectivity index (χ1n) is 7.22. The van der Waals surface area contributed by atoms with Gasteiger partial charge in [-0.05, 0) is 29.9 Å². The highest BCUT2D eigenvalue weighted by atomic mass is 32.1. The first-order valence-corrected chi connectivity index (χ1v) is 7.63. The van der Waals surface area contributed by atoms with Gasteiger partial charge in [-0.15, -0.1) is 0 Å². The van der Waals surface area contributed by atoms with Crippen LogP contribution in [0.15, 0.2) is 53.6 Å². The average molecular weight is 357 g/mol. The molecule has 2 aromatic carbocycles. The molecule has 1 aromatic heterocycles. The summed E-state index contributed by atoms with van der Waals surface area (Å²) in [6.07, 6.45) is 1.87. The van der Waals surface area contributed by atoms with Crippen LogP contribution >= 0.6 is 12.2 Å². The number of nitrogens with one attached hydrogen (secondary N) is 1. The second-order valence-electron chi connectivity index (χ2n) is 5.16. The number of benzene rings is 2. The standard InChI is InChI=1S/C16H12FN5O2S/c17-13-6-4-11(5-7-13)9-15-19-20-16(25)21(15)18-10-12-2-1-3-14(8-12)22(23)24/h1-8,10H,9H2,(H,20,25)/b18-10-. The van der Waals surface area contributed by atoms with E-state index in [1.165, 1.54) is 35.2 Å². The smallest absolute Gasteiger partial charge is 0.258 e. The van der Waals surface area contributed by atoms with Crippen molar-refractivity contribution in [1.82, 2.24) is 14.9 Å². The lowest BCUT2D eigenvalue weighted by molar-refractivity contribution is -0.384. The molecule has 0 atom stereocenters. The summed E-state index contributed by atoms with van der Waals surface area (Å²) in [5.41, 5.74) is 1.39. The summed E-state index contributed by atoms with van der Waals surface area (Å²) in [7, 11) is 0. The van der Waals surface area contributed by atoms with Gasteiger partial charge in [-0.2, -0.15) is 14.9 Å². The molecule has 0 unspecified atom stereocenters. The minimum Gasteiger partial charge on any atom is -0.258 e. The van der Waals surface area contributed by atoms with Gasteiger partial charge < -0.3 is 0 Å². The van der Waals surface area contributed by atoms with Crippen LogP contribution in [0, 0.1) is 20.7 Å². The maximum atomic E-state index is 13.0. The molecule has 9 heteroatoms. The van der Waals surface area contributed by atoms with Gasteiger partial charge in [-0.3, -0.25) is 15.2 Å². The van der Waals surface area contributed by atoms with E-state index in [2.05, 4.69) is 15.3 Å². The normalized spacial score (nSPS) is 11.1. The molecule has 25 heavy (non-hydrogen) atoms. The number of nitrogens with zero attached hydrogens (tertiary/aromatic N) is 4. The SMILES string of the molecule is O=[N+]([O-])c1cccc(/C=N\n2c(Cc3ccc(F)cc3)n[nH]c2=S)c1. The number of aromatic amines is 1. The zero-order valence-corrected chi connectivity index (χ0v) is 13.6. The van der Waals surface area contributed by atoms with Crippen molar-refractivity contribution in [3.8, 4) is 0 Å². The highest BCUT2D eigenvalue weighted by Gasteiger charge is 2.08. The van der Waals surface area contributed by atoms with E-state index < -0.39 is 4.92 Å². The van der Waals surface area contributed by atoms with Gasteiger partial charge in [0.2, 0.25) is 4.77 Å². The van der Waals surface area contributed by atoms with Crippen molar-refractivity contribution in [3.63, 3.8) is 0 Å². The number of hydrogen-bond acceptors (Lipinski definition) is 5. The lowest BCUT2D eigenvalue weighted by Crippen LogP contribution is -2.00. The molecule has 0 aliphatic carbocycles. The molecule has 3 rings (SSSR count). The van der Waals surface area contributed by atoms with E-state index in [0.29, 0.717) is 22.6 Å². The number of halogens is 1. The number of aromatic nitrogens is 3. The third kappa shape index (κ3) is 4.01. The molecule has 0 fully saturated rings. The van der Waals surface area contributed by atoms with Crippen LogP contribution in [-0.2, 0) is 6.42 Å². The molecular formula is C16H12FN5O2S. The van der Waals surface area contributed by atoms with Gasteiger partial charge in [0.1, 0.15) is 5.82 Å². The monoisotopic (exact) mass is 357 g/mol. The van der Waals surface area contributed by atoms with E-state index in [1.807, 2.05) is 0 Å². The van der Waals surface area contributed by atoms with Gasteiger partial charge in [-0.25, -0.2) is 4.39 Å². The summed E-state index contributed by atoms with van der Waals surface area (Å²) in [5, 5.41) is 21.8. The lowest BCUT2D eigenvalue weighted by atomic mass is 10.1. The molecule has 0 aliphatic rings. The summed E-state index contributed by atoms with van der Waals surface area (Å²) < 4.78 is 14.7. The third-order valence-electron chi connectivity index (χ3n) is 3.40. The van der Waals surface area contributed by atoms with Gasteiger partial charge >= 0.3 is 0 Å². The van der Waals surface area contributed by atoms with E-state index in [0.717, 1.165) is 5.56 Å². The van der Waals surface area contributed by atoms with Crippen LogP contribution < -0.4 is 0 Å². The minimum absolute atomic E-state index is 0.0220. The molecule has 0 bridgehead atoms. The number of hydrogen-bond donors (Lipinski definition) is 1. The molecule has 0 saturated carbocycles. The van der Waals surface area contributed by atoms with Crippen molar-refractivity contribution in [2.75, 3.05) is 0 Å². The number of nitro groups is 1. The largest absolute Gasteiger partial charge is 0.270 e. The number of rotatable bonds is 5. The topological polar surface area (TPSA) is 89.1 Å². The molecular weight excluding hydrogens is 345 g/mol. The number of nitro benzene ring substituents is 1. The Morgan fingerprint density at radius 2 is 2.08 bits per heavy atom. The van der Waals surface area contributed by atoms with E-state index in [4.69, 9.17) is 12.2 Å². The molecule has 0 radical (unpaired) electrons. The van der Waals surface area contributed by atoms with Crippen LogP contribution in [0.1, 0.15) is 17.0 Å². The summed E-state index contributed by atoms with van der Waals surface area (Å²) >= 11 is 5.16. The van der Waals surface area contributed by atoms with E-state index >= 15 is 0 Å². The summed E-state index contributed by atoms with van der Waals surface area (Å²) in [5.74, 6) is 0.226. The summed E-state index contributed by atoms with van der Waals surface area (Å²) in [4.78, 5) is 10.3. The van der Waals surface area contributed by atoms with E-state index in [9.17, 15) is 14.5 Å². The van der Waals surface area contributed by atoms with Gasteiger partial charge in [0, 0.05) is 24.1 Å². The molecule has 3 aromatic rings. The van der Waals surface area contributed by atoms with Crippen LogP contribution in [0.5, 0.6) is 0 Å². The lowest BCUT2D eigenvalue weighted by Gasteiger charge is -2.01.